The first kappa shape index (κ1) is 16.4. The molecule has 5 heteroatoms. The summed E-state index contributed by atoms with van der Waals surface area (Å²) < 4.78 is 0. The number of pyridine rings is 1. The Morgan fingerprint density at radius 3 is 2.68 bits per heavy atom. The molecule has 0 aliphatic carbocycles. The summed E-state index contributed by atoms with van der Waals surface area (Å²) in [5, 5.41) is 6.04. The number of aryl methyl sites for hydroxylation is 1. The van der Waals surface area contributed by atoms with E-state index in [0.717, 1.165) is 11.3 Å². The lowest BCUT2D eigenvalue weighted by atomic mass is 10.2. The van der Waals surface area contributed by atoms with Crippen LogP contribution >= 0.6 is 11.8 Å². The minimum absolute atomic E-state index is 0.162. The molecule has 2 aromatic rings. The maximum atomic E-state index is 11.8. The van der Waals surface area contributed by atoms with Crippen molar-refractivity contribution in [3.63, 3.8) is 0 Å². The van der Waals surface area contributed by atoms with Crippen LogP contribution in [0.1, 0.15) is 18.2 Å². The molecule has 0 radical (unpaired) electrons. The van der Waals surface area contributed by atoms with Gasteiger partial charge in [0.05, 0.1) is 12.2 Å². The highest BCUT2D eigenvalue weighted by molar-refractivity contribution is 8.00. The lowest BCUT2D eigenvalue weighted by Gasteiger charge is -2.13. The van der Waals surface area contributed by atoms with Crippen LogP contribution in [0, 0.1) is 6.92 Å². The Bertz CT molecular complexity index is 604. The maximum Gasteiger partial charge on any atom is 0.315 e. The zero-order chi connectivity index (χ0) is 15.8. The van der Waals surface area contributed by atoms with Crippen LogP contribution in [0.15, 0.2) is 53.6 Å². The molecule has 0 saturated carbocycles. The van der Waals surface area contributed by atoms with E-state index in [-0.39, 0.29) is 6.03 Å². The Balaban J connectivity index is 1.70. The van der Waals surface area contributed by atoms with E-state index in [0.29, 0.717) is 18.3 Å². The molecule has 2 amide bonds. The summed E-state index contributed by atoms with van der Waals surface area (Å²) in [7, 11) is 0. The summed E-state index contributed by atoms with van der Waals surface area (Å²) in [5.41, 5.74) is 1.97. The zero-order valence-electron chi connectivity index (χ0n) is 12.9. The Morgan fingerprint density at radius 2 is 1.95 bits per heavy atom. The highest BCUT2D eigenvalue weighted by atomic mass is 32.2. The van der Waals surface area contributed by atoms with E-state index in [1.807, 2.05) is 37.3 Å². The number of amides is 2. The third-order valence-electron chi connectivity index (χ3n) is 3.16. The van der Waals surface area contributed by atoms with Crippen LogP contribution < -0.4 is 10.6 Å². The van der Waals surface area contributed by atoms with Crippen molar-refractivity contribution >= 4 is 17.8 Å². The number of rotatable bonds is 6. The van der Waals surface area contributed by atoms with Gasteiger partial charge in [0.15, 0.2) is 0 Å². The molecule has 1 aromatic heterocycles. The van der Waals surface area contributed by atoms with E-state index >= 15 is 0 Å². The normalized spacial score (nSPS) is 11.7. The number of carbonyl (C=O) groups is 1. The van der Waals surface area contributed by atoms with Crippen molar-refractivity contribution in [3.8, 4) is 0 Å². The van der Waals surface area contributed by atoms with E-state index in [1.165, 1.54) is 4.90 Å². The van der Waals surface area contributed by atoms with Gasteiger partial charge in [-0.1, -0.05) is 31.2 Å². The second-order valence-electron chi connectivity index (χ2n) is 5.07. The molecule has 4 nitrogen and oxygen atoms in total. The Hall–Kier alpha value is -2.01. The van der Waals surface area contributed by atoms with Crippen LogP contribution in [0.5, 0.6) is 0 Å². The molecule has 1 unspecified atom stereocenters. The average molecular weight is 315 g/mol. The Morgan fingerprint density at radius 1 is 1.18 bits per heavy atom. The first-order valence-electron chi connectivity index (χ1n) is 7.29. The number of nitrogens with one attached hydrogen (secondary N) is 2. The van der Waals surface area contributed by atoms with Gasteiger partial charge in [-0.05, 0) is 30.7 Å². The number of benzene rings is 1. The standard InChI is InChI=1S/C17H21N3OS/c1-13-7-6-10-18-16(13)12-20-17(21)19-11-14(2)22-15-8-4-3-5-9-15/h3-10,14H,11-12H2,1-2H3,(H2,19,20,21). The molecule has 0 spiro atoms. The topological polar surface area (TPSA) is 54.0 Å². The van der Waals surface area contributed by atoms with Gasteiger partial charge in [-0.2, -0.15) is 0 Å². The quantitative estimate of drug-likeness (QED) is 0.804. The minimum atomic E-state index is -0.162. The van der Waals surface area contributed by atoms with Gasteiger partial charge in [-0.15, -0.1) is 11.8 Å². The fraction of sp³-hybridized carbons (Fsp3) is 0.294. The van der Waals surface area contributed by atoms with E-state index in [2.05, 4.69) is 34.7 Å². The van der Waals surface area contributed by atoms with Crippen molar-refractivity contribution in [3.05, 3.63) is 59.9 Å². The molecule has 116 valence electrons. The second-order valence-corrected chi connectivity index (χ2v) is 6.58. The first-order chi connectivity index (χ1) is 10.6. The number of nitrogens with zero attached hydrogens (tertiary/aromatic N) is 1. The molecule has 0 aliphatic rings. The van der Waals surface area contributed by atoms with Crippen LogP contribution in [0.3, 0.4) is 0 Å². The van der Waals surface area contributed by atoms with Crippen molar-refractivity contribution in [2.75, 3.05) is 6.54 Å². The highest BCUT2D eigenvalue weighted by Gasteiger charge is 2.07. The molecule has 2 N–H and O–H groups in total. The molecule has 22 heavy (non-hydrogen) atoms. The number of hydrogen-bond acceptors (Lipinski definition) is 3. The van der Waals surface area contributed by atoms with Crippen molar-refractivity contribution in [1.82, 2.24) is 15.6 Å². The van der Waals surface area contributed by atoms with E-state index in [9.17, 15) is 4.79 Å². The van der Waals surface area contributed by atoms with E-state index < -0.39 is 0 Å². The van der Waals surface area contributed by atoms with Gasteiger partial charge in [0, 0.05) is 22.9 Å². The highest BCUT2D eigenvalue weighted by Crippen LogP contribution is 2.21. The second kappa shape index (κ2) is 8.44. The fourth-order valence-corrected chi connectivity index (χ4v) is 2.88. The zero-order valence-corrected chi connectivity index (χ0v) is 13.7. The number of thioether (sulfide) groups is 1. The van der Waals surface area contributed by atoms with Gasteiger partial charge in [0.25, 0.3) is 0 Å². The van der Waals surface area contributed by atoms with Crippen LogP contribution in [-0.2, 0) is 6.54 Å². The molecule has 1 atom stereocenters. The minimum Gasteiger partial charge on any atom is -0.337 e. The van der Waals surface area contributed by atoms with Gasteiger partial charge < -0.3 is 10.6 Å². The predicted molar refractivity (Wildman–Crippen MR) is 91.0 cm³/mol. The number of carbonyl (C=O) groups excluding carboxylic acids is 1. The van der Waals surface area contributed by atoms with Gasteiger partial charge in [-0.3, -0.25) is 4.98 Å². The van der Waals surface area contributed by atoms with E-state index in [1.54, 1.807) is 18.0 Å². The molecule has 0 aliphatic heterocycles. The van der Waals surface area contributed by atoms with Gasteiger partial charge in [0.1, 0.15) is 0 Å². The van der Waals surface area contributed by atoms with Crippen molar-refractivity contribution < 1.29 is 4.79 Å². The number of urea groups is 1. The first-order valence-corrected chi connectivity index (χ1v) is 8.17. The van der Waals surface area contributed by atoms with Gasteiger partial charge in [-0.25, -0.2) is 4.79 Å². The third-order valence-corrected chi connectivity index (χ3v) is 4.28. The molecule has 0 fully saturated rings. The van der Waals surface area contributed by atoms with Gasteiger partial charge in [0.2, 0.25) is 0 Å². The smallest absolute Gasteiger partial charge is 0.315 e. The molecule has 1 aromatic carbocycles. The SMILES string of the molecule is Cc1cccnc1CNC(=O)NCC(C)Sc1ccccc1. The monoisotopic (exact) mass is 315 g/mol. The van der Waals surface area contributed by atoms with Crippen LogP contribution in [0.4, 0.5) is 4.79 Å². The maximum absolute atomic E-state index is 11.8. The number of hydrogen-bond donors (Lipinski definition) is 2. The largest absolute Gasteiger partial charge is 0.337 e. The summed E-state index contributed by atoms with van der Waals surface area (Å²) in [6.07, 6.45) is 1.74. The van der Waals surface area contributed by atoms with E-state index in [4.69, 9.17) is 0 Å². The van der Waals surface area contributed by atoms with Crippen LogP contribution in [-0.4, -0.2) is 22.8 Å². The molecule has 2 rings (SSSR count). The molecule has 0 bridgehead atoms. The summed E-state index contributed by atoms with van der Waals surface area (Å²) in [6, 6.07) is 13.9. The fourth-order valence-electron chi connectivity index (χ4n) is 1.94. The lowest BCUT2D eigenvalue weighted by Crippen LogP contribution is -2.38. The van der Waals surface area contributed by atoms with Crippen LogP contribution in [0.2, 0.25) is 0 Å². The van der Waals surface area contributed by atoms with Crippen LogP contribution in [0.25, 0.3) is 0 Å². The molecular formula is C17H21N3OS. The Kier molecular flexibility index (Phi) is 6.27. The number of aromatic nitrogens is 1. The summed E-state index contributed by atoms with van der Waals surface area (Å²) >= 11 is 1.75. The lowest BCUT2D eigenvalue weighted by molar-refractivity contribution is 0.240. The predicted octanol–water partition coefficient (Wildman–Crippen LogP) is 3.37. The van der Waals surface area contributed by atoms with Crippen molar-refractivity contribution in [2.45, 2.75) is 30.5 Å². The summed E-state index contributed by atoms with van der Waals surface area (Å²) in [5.74, 6) is 0. The van der Waals surface area contributed by atoms with Crippen molar-refractivity contribution in [1.29, 1.82) is 0 Å². The molecule has 0 saturated heterocycles. The summed E-state index contributed by atoms with van der Waals surface area (Å²) in [4.78, 5) is 17.3. The molecule has 1 heterocycles. The summed E-state index contributed by atoms with van der Waals surface area (Å²) in [6.45, 7) is 5.15. The average Bonchev–Trinajstić information content (AvgIpc) is 2.53. The Labute approximate surface area is 135 Å². The third kappa shape index (κ3) is 5.41. The molecular weight excluding hydrogens is 294 g/mol. The van der Waals surface area contributed by atoms with Gasteiger partial charge >= 0.3 is 6.03 Å². The van der Waals surface area contributed by atoms with Crippen molar-refractivity contribution in [2.24, 2.45) is 0 Å².